The van der Waals surface area contributed by atoms with Crippen LogP contribution in [0.5, 0.6) is 0 Å². The zero-order chi connectivity index (χ0) is 15.0. The van der Waals surface area contributed by atoms with E-state index < -0.39 is 0 Å². The number of nitrogens with zero attached hydrogens (tertiary/aromatic N) is 1. The lowest BCUT2D eigenvalue weighted by atomic mass is 9.51. The molecule has 1 saturated carbocycles. The molecule has 3 heteroatoms. The Kier molecular flexibility index (Phi) is 2.97. The maximum Gasteiger partial charge on any atom is 0.227 e. The Morgan fingerprint density at radius 1 is 1.19 bits per heavy atom. The molecule has 21 heavy (non-hydrogen) atoms. The molecule has 2 nitrogen and oxygen atoms in total. The van der Waals surface area contributed by atoms with Crippen LogP contribution in [-0.2, 0) is 4.79 Å². The van der Waals surface area contributed by atoms with Crippen LogP contribution >= 0.6 is 22.6 Å². The highest BCUT2D eigenvalue weighted by Crippen LogP contribution is 2.65. The average molecular weight is 397 g/mol. The fourth-order valence-electron chi connectivity index (χ4n) is 5.90. The molecule has 1 aliphatic heterocycles. The van der Waals surface area contributed by atoms with Crippen LogP contribution in [0.2, 0.25) is 0 Å². The van der Waals surface area contributed by atoms with Crippen molar-refractivity contribution in [2.75, 3.05) is 7.05 Å². The number of rotatable bonds is 0. The topological polar surface area (TPSA) is 20.3 Å². The highest BCUT2D eigenvalue weighted by Gasteiger charge is 2.58. The first-order valence-electron chi connectivity index (χ1n) is 8.21. The van der Waals surface area contributed by atoms with E-state index in [1.807, 2.05) is 11.9 Å². The molecule has 0 N–H and O–H groups in total. The molecule has 4 aliphatic rings. The summed E-state index contributed by atoms with van der Waals surface area (Å²) in [5.74, 6) is 2.57. The molecule has 0 bridgehead atoms. The first kappa shape index (κ1) is 14.3. The lowest BCUT2D eigenvalue weighted by molar-refractivity contribution is -0.126. The van der Waals surface area contributed by atoms with Gasteiger partial charge in [-0.1, -0.05) is 26.0 Å². The molecule has 0 radical (unpaired) electrons. The summed E-state index contributed by atoms with van der Waals surface area (Å²) in [6.07, 6.45) is 10.6. The minimum atomic E-state index is 0.101. The summed E-state index contributed by atoms with van der Waals surface area (Å²) in [6.45, 7) is 4.83. The van der Waals surface area contributed by atoms with Gasteiger partial charge < -0.3 is 4.90 Å². The number of hydrogen-bond acceptors (Lipinski definition) is 1. The van der Waals surface area contributed by atoms with Gasteiger partial charge in [0.1, 0.15) is 0 Å². The second-order valence-corrected chi connectivity index (χ2v) is 9.16. The predicted octanol–water partition coefficient (Wildman–Crippen LogP) is 4.51. The average Bonchev–Trinajstić information content (AvgIpc) is 2.86. The smallest absolute Gasteiger partial charge is 0.227 e. The van der Waals surface area contributed by atoms with Crippen molar-refractivity contribution < 1.29 is 4.79 Å². The van der Waals surface area contributed by atoms with Gasteiger partial charge >= 0.3 is 0 Å². The Morgan fingerprint density at radius 3 is 2.71 bits per heavy atom. The van der Waals surface area contributed by atoms with Gasteiger partial charge in [-0.15, -0.1) is 0 Å². The standard InChI is InChI=1S/C18H24INO/c1-17-9-8-13-11(12(17)5-6-14(17)19)4-7-15-18(13,2)10-16(21)20(15)3/h6-7,11-13H,4-5,8-10H2,1-3H3/t11-,12-,13-,17-,18+/m0/s1. The van der Waals surface area contributed by atoms with Crippen molar-refractivity contribution in [2.45, 2.75) is 46.0 Å². The van der Waals surface area contributed by atoms with Crippen LogP contribution in [0.15, 0.2) is 21.4 Å². The summed E-state index contributed by atoms with van der Waals surface area (Å²) in [6, 6.07) is 0. The van der Waals surface area contributed by atoms with E-state index >= 15 is 0 Å². The summed E-state index contributed by atoms with van der Waals surface area (Å²) in [5, 5.41) is 0. The highest BCUT2D eigenvalue weighted by molar-refractivity contribution is 14.1. The van der Waals surface area contributed by atoms with Crippen LogP contribution in [0.1, 0.15) is 46.0 Å². The minimum absolute atomic E-state index is 0.101. The van der Waals surface area contributed by atoms with Crippen LogP contribution in [-0.4, -0.2) is 17.9 Å². The van der Waals surface area contributed by atoms with Crippen LogP contribution in [0.3, 0.4) is 0 Å². The third-order valence-electron chi connectivity index (χ3n) is 7.16. The minimum Gasteiger partial charge on any atom is -0.319 e. The lowest BCUT2D eigenvalue weighted by Gasteiger charge is -2.54. The number of likely N-dealkylation sites (tertiary alicyclic amines) is 1. The Hall–Kier alpha value is -0.320. The molecule has 4 rings (SSSR count). The maximum absolute atomic E-state index is 12.2. The molecule has 0 spiro atoms. The van der Waals surface area contributed by atoms with Crippen molar-refractivity contribution in [3.63, 3.8) is 0 Å². The van der Waals surface area contributed by atoms with E-state index in [1.54, 1.807) is 3.58 Å². The molecule has 0 unspecified atom stereocenters. The molecule has 3 aliphatic carbocycles. The van der Waals surface area contributed by atoms with Crippen molar-refractivity contribution in [3.05, 3.63) is 21.4 Å². The molecular formula is C18H24INO. The van der Waals surface area contributed by atoms with Crippen LogP contribution in [0.4, 0.5) is 0 Å². The number of hydrogen-bond donors (Lipinski definition) is 0. The molecule has 0 aromatic heterocycles. The van der Waals surface area contributed by atoms with Gasteiger partial charge in [0.2, 0.25) is 5.91 Å². The zero-order valence-electron chi connectivity index (χ0n) is 13.2. The molecule has 2 fully saturated rings. The monoisotopic (exact) mass is 397 g/mol. The molecular weight excluding hydrogens is 373 g/mol. The van der Waals surface area contributed by atoms with Crippen LogP contribution < -0.4 is 0 Å². The first-order valence-corrected chi connectivity index (χ1v) is 9.29. The number of carbonyl (C=O) groups is 1. The van der Waals surface area contributed by atoms with E-state index in [9.17, 15) is 4.79 Å². The normalized spacial score (nSPS) is 48.5. The molecule has 5 atom stereocenters. The third-order valence-corrected chi connectivity index (χ3v) is 8.84. The van der Waals surface area contributed by atoms with Crippen molar-refractivity contribution in [1.29, 1.82) is 0 Å². The van der Waals surface area contributed by atoms with E-state index in [1.165, 1.54) is 31.4 Å². The highest BCUT2D eigenvalue weighted by atomic mass is 127. The maximum atomic E-state index is 12.2. The van der Waals surface area contributed by atoms with Crippen molar-refractivity contribution in [1.82, 2.24) is 4.90 Å². The van der Waals surface area contributed by atoms with Gasteiger partial charge in [-0.2, -0.15) is 0 Å². The number of fused-ring (bicyclic) bond motifs is 5. The fraction of sp³-hybridized carbons (Fsp3) is 0.722. The molecule has 1 heterocycles. The van der Waals surface area contributed by atoms with Gasteiger partial charge in [0, 0.05) is 30.0 Å². The lowest BCUT2D eigenvalue weighted by Crippen LogP contribution is -2.47. The van der Waals surface area contributed by atoms with Gasteiger partial charge in [0.15, 0.2) is 0 Å². The second kappa shape index (κ2) is 4.36. The van der Waals surface area contributed by atoms with Gasteiger partial charge in [-0.3, -0.25) is 4.79 Å². The van der Waals surface area contributed by atoms with E-state index in [2.05, 4.69) is 48.6 Å². The van der Waals surface area contributed by atoms with Crippen LogP contribution in [0, 0.1) is 28.6 Å². The SMILES string of the molecule is CN1C(=O)C[C@@]2(C)C1=CC[C@@H]1[C@@H]2CC[C@]2(C)C(I)=CC[C@@H]12. The fourth-order valence-corrected chi connectivity index (χ4v) is 6.83. The molecule has 0 aromatic rings. The quantitative estimate of drug-likeness (QED) is 0.551. The van der Waals surface area contributed by atoms with Gasteiger partial charge in [0.25, 0.3) is 0 Å². The number of carbonyl (C=O) groups excluding carboxylic acids is 1. The van der Waals surface area contributed by atoms with Gasteiger partial charge in [0.05, 0.1) is 0 Å². The van der Waals surface area contributed by atoms with Gasteiger partial charge in [-0.25, -0.2) is 0 Å². The molecule has 1 saturated heterocycles. The molecule has 0 aromatic carbocycles. The first-order chi connectivity index (χ1) is 9.88. The zero-order valence-corrected chi connectivity index (χ0v) is 15.3. The number of halogens is 1. The van der Waals surface area contributed by atoms with Crippen molar-refractivity contribution >= 4 is 28.5 Å². The Morgan fingerprint density at radius 2 is 1.95 bits per heavy atom. The largest absolute Gasteiger partial charge is 0.319 e. The Balaban J connectivity index is 1.73. The third kappa shape index (κ3) is 1.67. The molecule has 1 amide bonds. The molecule has 114 valence electrons. The Labute approximate surface area is 141 Å². The number of amides is 1. The van der Waals surface area contributed by atoms with E-state index in [4.69, 9.17) is 0 Å². The predicted molar refractivity (Wildman–Crippen MR) is 92.7 cm³/mol. The summed E-state index contributed by atoms with van der Waals surface area (Å²) in [7, 11) is 1.97. The van der Waals surface area contributed by atoms with E-state index in [0.29, 0.717) is 17.2 Å². The second-order valence-electron chi connectivity index (χ2n) is 7.99. The van der Waals surface area contributed by atoms with Crippen LogP contribution in [0.25, 0.3) is 0 Å². The van der Waals surface area contributed by atoms with Crippen molar-refractivity contribution in [2.24, 2.45) is 28.6 Å². The Bertz CT molecular complexity index is 580. The van der Waals surface area contributed by atoms with E-state index in [-0.39, 0.29) is 5.41 Å². The van der Waals surface area contributed by atoms with E-state index in [0.717, 1.165) is 18.3 Å². The summed E-state index contributed by atoms with van der Waals surface area (Å²) in [4.78, 5) is 14.2. The summed E-state index contributed by atoms with van der Waals surface area (Å²) in [5.41, 5.74) is 1.83. The van der Waals surface area contributed by atoms with Gasteiger partial charge in [-0.05, 0) is 69.6 Å². The van der Waals surface area contributed by atoms with Crippen molar-refractivity contribution in [3.8, 4) is 0 Å². The summed E-state index contributed by atoms with van der Waals surface area (Å²) >= 11 is 2.57. The number of allylic oxidation sites excluding steroid dienone is 4. The summed E-state index contributed by atoms with van der Waals surface area (Å²) < 4.78 is 1.59.